The number of ether oxygens (including phenoxy) is 3. The van der Waals surface area contributed by atoms with Crippen molar-refractivity contribution in [3.63, 3.8) is 0 Å². The molecule has 0 unspecified atom stereocenters. The van der Waals surface area contributed by atoms with Gasteiger partial charge in [0.2, 0.25) is 11.7 Å². The summed E-state index contributed by atoms with van der Waals surface area (Å²) in [6.07, 6.45) is 0. The Morgan fingerprint density at radius 3 is 2.29 bits per heavy atom. The van der Waals surface area contributed by atoms with Crippen LogP contribution in [0.4, 0.5) is 9.52 Å². The van der Waals surface area contributed by atoms with Gasteiger partial charge >= 0.3 is 0 Å². The molecule has 0 saturated carbocycles. The van der Waals surface area contributed by atoms with Gasteiger partial charge in [-0.25, -0.2) is 9.37 Å². The van der Waals surface area contributed by atoms with Gasteiger partial charge in [-0.3, -0.25) is 14.2 Å². The molecule has 0 bridgehead atoms. The molecule has 0 spiro atoms. The highest BCUT2D eigenvalue weighted by Crippen LogP contribution is 2.39. The SMILES string of the molecule is CCOc1cc(C(=O)NCc2nnc(SCC(=O)Nc3nc4ccccc4s3)n2-c2ccc(F)cc2)cc(OCC)c1OCC. The number of nitrogens with zero attached hydrogens (tertiary/aromatic N) is 4. The summed E-state index contributed by atoms with van der Waals surface area (Å²) in [5.74, 6) is 0.546. The highest BCUT2D eigenvalue weighted by atomic mass is 32.2. The Morgan fingerprint density at radius 2 is 1.62 bits per heavy atom. The van der Waals surface area contributed by atoms with Crippen molar-refractivity contribution >= 4 is 50.3 Å². The summed E-state index contributed by atoms with van der Waals surface area (Å²) in [5, 5.41) is 15.1. The van der Waals surface area contributed by atoms with Crippen molar-refractivity contribution in [1.29, 1.82) is 0 Å². The summed E-state index contributed by atoms with van der Waals surface area (Å²) in [6.45, 7) is 6.66. The van der Waals surface area contributed by atoms with Gasteiger partial charge in [0.1, 0.15) is 5.82 Å². The predicted molar refractivity (Wildman–Crippen MR) is 171 cm³/mol. The first kappa shape index (κ1) is 31.7. The molecule has 5 rings (SSSR count). The lowest BCUT2D eigenvalue weighted by molar-refractivity contribution is -0.113. The number of carbonyl (C=O) groups excluding carboxylic acids is 2. The predicted octanol–water partition coefficient (Wildman–Crippen LogP) is 5.87. The second-order valence-electron chi connectivity index (χ2n) is 9.32. The molecular weight excluding hydrogens is 620 g/mol. The van der Waals surface area contributed by atoms with Crippen molar-refractivity contribution in [3.8, 4) is 22.9 Å². The summed E-state index contributed by atoms with van der Waals surface area (Å²) >= 11 is 2.54. The molecule has 0 aliphatic rings. The van der Waals surface area contributed by atoms with Gasteiger partial charge in [-0.15, -0.1) is 10.2 Å². The van der Waals surface area contributed by atoms with Gasteiger partial charge in [-0.05, 0) is 69.3 Å². The van der Waals surface area contributed by atoms with Crippen LogP contribution in [0, 0.1) is 5.82 Å². The highest BCUT2D eigenvalue weighted by molar-refractivity contribution is 7.99. The van der Waals surface area contributed by atoms with E-state index in [1.54, 1.807) is 28.8 Å². The number of anilines is 1. The molecule has 0 fully saturated rings. The molecule has 2 heterocycles. The number of halogens is 1. The Kier molecular flexibility index (Phi) is 10.5. The number of para-hydroxylation sites is 1. The minimum absolute atomic E-state index is 0.0111. The minimum atomic E-state index is -0.406. The fraction of sp³-hybridized carbons (Fsp3) is 0.258. The van der Waals surface area contributed by atoms with Crippen molar-refractivity contribution < 1.29 is 28.2 Å². The van der Waals surface area contributed by atoms with Crippen LogP contribution in [0.2, 0.25) is 0 Å². The normalized spacial score (nSPS) is 10.9. The van der Waals surface area contributed by atoms with Gasteiger partial charge in [-0.2, -0.15) is 0 Å². The van der Waals surface area contributed by atoms with E-state index in [2.05, 4.69) is 25.8 Å². The number of thiazole rings is 1. The molecule has 0 aliphatic heterocycles. The Bertz CT molecular complexity index is 1730. The average molecular weight is 651 g/mol. The molecule has 0 saturated heterocycles. The van der Waals surface area contributed by atoms with E-state index in [9.17, 15) is 14.0 Å². The number of nitrogens with one attached hydrogen (secondary N) is 2. The number of hydrogen-bond donors (Lipinski definition) is 2. The molecule has 2 amide bonds. The van der Waals surface area contributed by atoms with Gasteiger partial charge in [-0.1, -0.05) is 35.2 Å². The second kappa shape index (κ2) is 14.9. The molecule has 45 heavy (non-hydrogen) atoms. The number of rotatable bonds is 14. The molecule has 0 aliphatic carbocycles. The molecule has 3 aromatic carbocycles. The van der Waals surface area contributed by atoms with Gasteiger partial charge in [0, 0.05) is 11.3 Å². The molecule has 5 aromatic rings. The number of benzene rings is 3. The lowest BCUT2D eigenvalue weighted by Gasteiger charge is -2.17. The Labute approximate surface area is 267 Å². The fourth-order valence-corrected chi connectivity index (χ4v) is 6.00. The van der Waals surface area contributed by atoms with Crippen LogP contribution in [0.5, 0.6) is 17.2 Å². The van der Waals surface area contributed by atoms with Crippen molar-refractivity contribution in [2.75, 3.05) is 30.9 Å². The Hall–Kier alpha value is -4.69. The second-order valence-corrected chi connectivity index (χ2v) is 11.3. The minimum Gasteiger partial charge on any atom is -0.490 e. The van der Waals surface area contributed by atoms with E-state index in [-0.39, 0.29) is 18.2 Å². The number of thioether (sulfide) groups is 1. The van der Waals surface area contributed by atoms with Crippen LogP contribution >= 0.6 is 23.1 Å². The molecule has 14 heteroatoms. The summed E-state index contributed by atoms with van der Waals surface area (Å²) in [4.78, 5) is 30.5. The van der Waals surface area contributed by atoms with E-state index in [0.717, 1.165) is 22.0 Å². The number of carbonyl (C=O) groups is 2. The topological polar surface area (TPSA) is 129 Å². The van der Waals surface area contributed by atoms with E-state index >= 15 is 0 Å². The van der Waals surface area contributed by atoms with E-state index in [1.165, 1.54) is 23.5 Å². The maximum Gasteiger partial charge on any atom is 0.251 e. The fourth-order valence-electron chi connectivity index (χ4n) is 4.35. The largest absolute Gasteiger partial charge is 0.490 e. The standard InChI is InChI=1S/C31H31FN6O5S2/c1-4-41-23-15-19(16-24(42-5-2)28(23)43-6-3)29(40)33-17-26-36-37-31(38(26)21-13-11-20(32)12-14-21)44-18-27(39)35-30-34-22-9-7-8-10-25(22)45-30/h7-16H,4-6,17-18H2,1-3H3,(H,33,40)(H,34,35,39). The van der Waals surface area contributed by atoms with Crippen molar-refractivity contribution in [1.82, 2.24) is 25.1 Å². The Morgan fingerprint density at radius 1 is 0.933 bits per heavy atom. The third kappa shape index (κ3) is 7.70. The smallest absolute Gasteiger partial charge is 0.251 e. The summed E-state index contributed by atoms with van der Waals surface area (Å²) in [6, 6.07) is 16.6. The van der Waals surface area contributed by atoms with Gasteiger partial charge in [0.25, 0.3) is 5.91 Å². The van der Waals surface area contributed by atoms with Crippen LogP contribution in [0.1, 0.15) is 37.0 Å². The van der Waals surface area contributed by atoms with Gasteiger partial charge < -0.3 is 24.8 Å². The van der Waals surface area contributed by atoms with E-state index < -0.39 is 11.7 Å². The molecule has 234 valence electrons. The molecule has 2 aromatic heterocycles. The molecule has 2 N–H and O–H groups in total. The first-order chi connectivity index (χ1) is 21.9. The number of aromatic nitrogens is 4. The maximum absolute atomic E-state index is 13.8. The molecular formula is C31H31FN6O5S2. The van der Waals surface area contributed by atoms with Crippen molar-refractivity contribution in [3.05, 3.63) is 77.9 Å². The molecule has 0 radical (unpaired) electrons. The van der Waals surface area contributed by atoms with Crippen LogP contribution in [0.25, 0.3) is 15.9 Å². The summed E-state index contributed by atoms with van der Waals surface area (Å²) in [7, 11) is 0. The number of hydrogen-bond acceptors (Lipinski definition) is 10. The average Bonchev–Trinajstić information content (AvgIpc) is 3.64. The third-order valence-electron chi connectivity index (χ3n) is 6.24. The third-order valence-corrected chi connectivity index (χ3v) is 8.12. The zero-order valence-electron chi connectivity index (χ0n) is 24.8. The van der Waals surface area contributed by atoms with Crippen molar-refractivity contribution in [2.45, 2.75) is 32.5 Å². The lowest BCUT2D eigenvalue weighted by Crippen LogP contribution is -2.25. The first-order valence-electron chi connectivity index (χ1n) is 14.2. The van der Waals surface area contributed by atoms with Gasteiger partial charge in [0.15, 0.2) is 27.6 Å². The summed E-state index contributed by atoms with van der Waals surface area (Å²) < 4.78 is 33.6. The van der Waals surface area contributed by atoms with E-state index in [0.29, 0.717) is 64.4 Å². The lowest BCUT2D eigenvalue weighted by atomic mass is 10.1. The van der Waals surface area contributed by atoms with Crippen LogP contribution in [-0.2, 0) is 11.3 Å². The molecule has 0 atom stereocenters. The molecule has 11 nitrogen and oxygen atoms in total. The monoisotopic (exact) mass is 650 g/mol. The van der Waals surface area contributed by atoms with E-state index in [4.69, 9.17) is 14.2 Å². The Balaban J connectivity index is 1.33. The maximum atomic E-state index is 13.8. The number of fused-ring (bicyclic) bond motifs is 1. The zero-order valence-corrected chi connectivity index (χ0v) is 26.5. The van der Waals surface area contributed by atoms with Crippen LogP contribution in [0.3, 0.4) is 0 Å². The number of amides is 2. The van der Waals surface area contributed by atoms with Gasteiger partial charge in [0.05, 0.1) is 42.3 Å². The highest BCUT2D eigenvalue weighted by Gasteiger charge is 2.21. The zero-order chi connectivity index (χ0) is 31.8. The van der Waals surface area contributed by atoms with Crippen LogP contribution < -0.4 is 24.8 Å². The van der Waals surface area contributed by atoms with E-state index in [1.807, 2.05) is 45.0 Å². The first-order valence-corrected chi connectivity index (χ1v) is 16.0. The quantitative estimate of drug-likeness (QED) is 0.142. The van der Waals surface area contributed by atoms with Crippen LogP contribution in [-0.4, -0.2) is 57.1 Å². The summed E-state index contributed by atoms with van der Waals surface area (Å²) in [5.41, 5.74) is 1.68. The van der Waals surface area contributed by atoms with Crippen molar-refractivity contribution in [2.24, 2.45) is 0 Å². The van der Waals surface area contributed by atoms with Crippen LogP contribution in [0.15, 0.2) is 65.8 Å².